The van der Waals surface area contributed by atoms with Crippen LogP contribution in [0.3, 0.4) is 0 Å². The molecule has 0 spiro atoms. The first-order valence-corrected chi connectivity index (χ1v) is 11.7. The maximum absolute atomic E-state index is 13.1. The number of aryl methyl sites for hydroxylation is 1. The van der Waals surface area contributed by atoms with Crippen molar-refractivity contribution in [2.75, 3.05) is 38.1 Å². The van der Waals surface area contributed by atoms with Gasteiger partial charge in [-0.2, -0.15) is 4.31 Å². The summed E-state index contributed by atoms with van der Waals surface area (Å²) < 4.78 is 35.0. The molecule has 1 N–H and O–H groups in total. The topological polar surface area (TPSA) is 83.9 Å². The van der Waals surface area contributed by atoms with Crippen LogP contribution in [0.4, 0.5) is 10.5 Å². The Labute approximate surface area is 182 Å². The van der Waals surface area contributed by atoms with Crippen molar-refractivity contribution >= 4 is 32.6 Å². The summed E-state index contributed by atoms with van der Waals surface area (Å²) in [6.45, 7) is 3.66. The molecule has 164 valence electrons. The largest absolute Gasteiger partial charge is 0.494 e. The third kappa shape index (κ3) is 4.38. The van der Waals surface area contributed by atoms with Crippen LogP contribution < -0.4 is 10.1 Å². The van der Waals surface area contributed by atoms with Gasteiger partial charge in [-0.05, 0) is 55.5 Å². The molecule has 0 saturated carbocycles. The summed E-state index contributed by atoms with van der Waals surface area (Å²) in [5.74, 6) is 0.744. The molecular weight excluding hydrogens is 416 g/mol. The lowest BCUT2D eigenvalue weighted by molar-refractivity contribution is 0.184. The number of hydrogen-bond acceptors (Lipinski definition) is 4. The van der Waals surface area contributed by atoms with Gasteiger partial charge in [-0.25, -0.2) is 13.2 Å². The average Bonchev–Trinajstić information content (AvgIpc) is 3.15. The quantitative estimate of drug-likeness (QED) is 0.658. The van der Waals surface area contributed by atoms with E-state index in [9.17, 15) is 13.2 Å². The summed E-state index contributed by atoms with van der Waals surface area (Å²) in [7, 11) is -1.69. The molecule has 0 aliphatic carbocycles. The molecule has 9 heteroatoms. The maximum Gasteiger partial charge on any atom is 0.321 e. The zero-order valence-corrected chi connectivity index (χ0v) is 18.4. The van der Waals surface area contributed by atoms with Crippen LogP contribution in [0.2, 0.25) is 0 Å². The summed E-state index contributed by atoms with van der Waals surface area (Å²) in [5.41, 5.74) is 1.65. The molecule has 4 rings (SSSR count). The first-order chi connectivity index (χ1) is 14.9. The molecule has 8 nitrogen and oxygen atoms in total. The molecule has 2 aromatic carbocycles. The molecule has 0 bridgehead atoms. The van der Waals surface area contributed by atoms with Crippen molar-refractivity contribution in [1.29, 1.82) is 0 Å². The molecule has 0 atom stereocenters. The molecule has 1 aliphatic rings. The van der Waals surface area contributed by atoms with Crippen LogP contribution >= 0.6 is 0 Å². The minimum atomic E-state index is -3.61. The van der Waals surface area contributed by atoms with Gasteiger partial charge in [-0.1, -0.05) is 0 Å². The van der Waals surface area contributed by atoms with Gasteiger partial charge in [0.1, 0.15) is 5.75 Å². The van der Waals surface area contributed by atoms with Crippen LogP contribution in [-0.4, -0.2) is 61.0 Å². The van der Waals surface area contributed by atoms with Crippen molar-refractivity contribution in [3.63, 3.8) is 0 Å². The van der Waals surface area contributed by atoms with Crippen LogP contribution in [0.25, 0.3) is 10.9 Å². The Morgan fingerprint density at radius 3 is 2.42 bits per heavy atom. The molecular formula is C22H26N4O4S. The van der Waals surface area contributed by atoms with Crippen molar-refractivity contribution in [1.82, 2.24) is 13.8 Å². The number of urea groups is 1. The molecule has 1 saturated heterocycles. The molecule has 1 fully saturated rings. The number of fused-ring (bicyclic) bond motifs is 1. The third-order valence-electron chi connectivity index (χ3n) is 5.44. The Balaban J connectivity index is 1.38. The van der Waals surface area contributed by atoms with Gasteiger partial charge in [0.15, 0.2) is 0 Å². The van der Waals surface area contributed by atoms with Gasteiger partial charge < -0.3 is 19.5 Å². The Morgan fingerprint density at radius 2 is 1.74 bits per heavy atom. The number of nitrogens with one attached hydrogen (secondary N) is 1. The first-order valence-electron chi connectivity index (χ1n) is 10.2. The highest BCUT2D eigenvalue weighted by molar-refractivity contribution is 7.89. The van der Waals surface area contributed by atoms with E-state index >= 15 is 0 Å². The molecule has 0 radical (unpaired) electrons. The number of hydrogen-bond donors (Lipinski definition) is 1. The normalized spacial score (nSPS) is 15.2. The van der Waals surface area contributed by atoms with E-state index in [1.807, 2.05) is 36.9 Å². The number of nitrogens with zero attached hydrogens (tertiary/aromatic N) is 3. The second-order valence-corrected chi connectivity index (χ2v) is 9.36. The summed E-state index contributed by atoms with van der Waals surface area (Å²) in [4.78, 5) is 14.5. The molecule has 1 aromatic heterocycles. The van der Waals surface area contributed by atoms with Gasteiger partial charge in [-0.15, -0.1) is 0 Å². The summed E-state index contributed by atoms with van der Waals surface area (Å²) in [6, 6.07) is 14.0. The van der Waals surface area contributed by atoms with Crippen molar-refractivity contribution in [2.45, 2.75) is 11.8 Å². The van der Waals surface area contributed by atoms with Crippen molar-refractivity contribution in [3.8, 4) is 5.75 Å². The monoisotopic (exact) mass is 442 g/mol. The van der Waals surface area contributed by atoms with Crippen LogP contribution in [-0.2, 0) is 17.1 Å². The molecule has 2 heterocycles. The lowest BCUT2D eigenvalue weighted by Gasteiger charge is -2.34. The summed E-state index contributed by atoms with van der Waals surface area (Å²) in [5, 5.41) is 3.74. The summed E-state index contributed by atoms with van der Waals surface area (Å²) in [6.07, 6.45) is 1.91. The fourth-order valence-corrected chi connectivity index (χ4v) is 5.16. The van der Waals surface area contributed by atoms with E-state index in [4.69, 9.17) is 4.74 Å². The van der Waals surface area contributed by atoms with Crippen molar-refractivity contribution in [3.05, 3.63) is 54.7 Å². The van der Waals surface area contributed by atoms with Crippen LogP contribution in [0, 0.1) is 0 Å². The first kappa shape index (κ1) is 21.2. The van der Waals surface area contributed by atoms with E-state index in [0.29, 0.717) is 25.4 Å². The van der Waals surface area contributed by atoms with E-state index in [-0.39, 0.29) is 24.0 Å². The minimum absolute atomic E-state index is 0.244. The number of ether oxygens (including phenoxy) is 1. The fraction of sp³-hybridized carbons (Fsp3) is 0.318. The van der Waals surface area contributed by atoms with E-state index in [2.05, 4.69) is 5.32 Å². The number of anilines is 1. The Morgan fingerprint density at radius 1 is 1.03 bits per heavy atom. The van der Waals surface area contributed by atoms with Crippen molar-refractivity contribution < 1.29 is 17.9 Å². The fourth-order valence-electron chi connectivity index (χ4n) is 3.70. The van der Waals surface area contributed by atoms with Crippen LogP contribution in [0.5, 0.6) is 5.75 Å². The molecule has 2 amide bonds. The number of carbonyl (C=O) groups is 1. The van der Waals surface area contributed by atoms with E-state index in [0.717, 1.165) is 16.7 Å². The number of rotatable bonds is 5. The molecule has 3 aromatic rings. The maximum atomic E-state index is 13.1. The van der Waals surface area contributed by atoms with E-state index in [1.54, 1.807) is 41.3 Å². The van der Waals surface area contributed by atoms with Gasteiger partial charge in [0.25, 0.3) is 0 Å². The molecule has 31 heavy (non-hydrogen) atoms. The van der Waals surface area contributed by atoms with Gasteiger partial charge in [0.2, 0.25) is 10.0 Å². The summed E-state index contributed by atoms with van der Waals surface area (Å²) >= 11 is 0. The highest BCUT2D eigenvalue weighted by Crippen LogP contribution is 2.23. The Bertz CT molecular complexity index is 1180. The van der Waals surface area contributed by atoms with Gasteiger partial charge >= 0.3 is 6.03 Å². The van der Waals surface area contributed by atoms with Crippen LogP contribution in [0.1, 0.15) is 6.92 Å². The zero-order valence-electron chi connectivity index (χ0n) is 17.6. The zero-order chi connectivity index (χ0) is 22.0. The predicted octanol–water partition coefficient (Wildman–Crippen LogP) is 3.12. The number of carbonyl (C=O) groups excluding carboxylic acids is 1. The predicted molar refractivity (Wildman–Crippen MR) is 120 cm³/mol. The van der Waals surface area contributed by atoms with Gasteiger partial charge in [0, 0.05) is 56.0 Å². The molecule has 1 aliphatic heterocycles. The number of benzene rings is 2. The van der Waals surface area contributed by atoms with E-state index in [1.165, 1.54) is 4.31 Å². The lowest BCUT2D eigenvalue weighted by Crippen LogP contribution is -2.51. The average molecular weight is 443 g/mol. The lowest BCUT2D eigenvalue weighted by atomic mass is 10.2. The highest BCUT2D eigenvalue weighted by atomic mass is 32.2. The van der Waals surface area contributed by atoms with Crippen molar-refractivity contribution in [2.24, 2.45) is 7.05 Å². The third-order valence-corrected chi connectivity index (χ3v) is 7.33. The second-order valence-electron chi connectivity index (χ2n) is 7.43. The van der Waals surface area contributed by atoms with Crippen LogP contribution in [0.15, 0.2) is 59.6 Å². The van der Waals surface area contributed by atoms with Gasteiger partial charge in [-0.3, -0.25) is 0 Å². The number of aromatic nitrogens is 1. The Hall–Kier alpha value is -3.04. The molecule has 0 unspecified atom stereocenters. The standard InChI is InChI=1S/C22H26N4O4S/c1-3-30-19-6-4-18(5-7-19)23-22(27)25-12-14-26(15-13-25)31(28,29)20-8-9-21-17(16-20)10-11-24(21)2/h4-11,16H,3,12-15H2,1-2H3,(H,23,27). The minimum Gasteiger partial charge on any atom is -0.494 e. The van der Waals surface area contributed by atoms with Gasteiger partial charge in [0.05, 0.1) is 11.5 Å². The number of sulfonamides is 1. The SMILES string of the molecule is CCOc1ccc(NC(=O)N2CCN(S(=O)(=O)c3ccc4c(ccn4C)c3)CC2)cc1. The van der Waals surface area contributed by atoms with E-state index < -0.39 is 10.0 Å². The second kappa shape index (κ2) is 8.60. The smallest absolute Gasteiger partial charge is 0.321 e. The number of amides is 2. The Kier molecular flexibility index (Phi) is 5.88. The number of piperazine rings is 1. The highest BCUT2D eigenvalue weighted by Gasteiger charge is 2.30.